The number of H-pyrrole nitrogens is 1. The number of aromatic nitrogens is 1. The summed E-state index contributed by atoms with van der Waals surface area (Å²) >= 11 is 6.38. The van der Waals surface area contributed by atoms with Crippen LogP contribution in [0.4, 0.5) is 10.1 Å². The van der Waals surface area contributed by atoms with Gasteiger partial charge in [-0.25, -0.2) is 4.39 Å². The molecule has 0 bridgehead atoms. The molecule has 6 heteroatoms. The SMILES string of the molecule is Cc1cccc(F)c1NC(=O)Cc1sc(=S)[nH]c1C. The molecule has 3 nitrogen and oxygen atoms in total. The summed E-state index contributed by atoms with van der Waals surface area (Å²) in [5.74, 6) is -0.673. The van der Waals surface area contributed by atoms with Crippen LogP contribution in [0.25, 0.3) is 0 Å². The lowest BCUT2D eigenvalue weighted by Gasteiger charge is -2.08. The first-order chi connectivity index (χ1) is 8.97. The Morgan fingerprint density at radius 1 is 1.47 bits per heavy atom. The molecule has 0 unspecified atom stereocenters. The lowest BCUT2D eigenvalue weighted by molar-refractivity contribution is -0.115. The third-order valence-electron chi connectivity index (χ3n) is 2.73. The molecule has 0 aliphatic carbocycles. The lowest BCUT2D eigenvalue weighted by Crippen LogP contribution is -2.16. The first kappa shape index (κ1) is 13.9. The van der Waals surface area contributed by atoms with Gasteiger partial charge in [0.15, 0.2) is 3.95 Å². The minimum absolute atomic E-state index is 0.192. The second-order valence-electron chi connectivity index (χ2n) is 4.22. The third kappa shape index (κ3) is 3.27. The Kier molecular flexibility index (Phi) is 4.11. The van der Waals surface area contributed by atoms with Crippen LogP contribution >= 0.6 is 23.6 Å². The Labute approximate surface area is 119 Å². The molecule has 1 aromatic carbocycles. The van der Waals surface area contributed by atoms with Gasteiger partial charge in [0.1, 0.15) is 5.82 Å². The molecule has 0 saturated carbocycles. The monoisotopic (exact) mass is 296 g/mol. The van der Waals surface area contributed by atoms with Crippen molar-refractivity contribution in [1.82, 2.24) is 4.98 Å². The van der Waals surface area contributed by atoms with Gasteiger partial charge in [0.05, 0.1) is 12.1 Å². The number of carbonyl (C=O) groups excluding carboxylic acids is 1. The van der Waals surface area contributed by atoms with Gasteiger partial charge < -0.3 is 10.3 Å². The molecule has 19 heavy (non-hydrogen) atoms. The lowest BCUT2D eigenvalue weighted by atomic mass is 10.2. The molecule has 100 valence electrons. The van der Waals surface area contributed by atoms with Crippen molar-refractivity contribution in [2.24, 2.45) is 0 Å². The van der Waals surface area contributed by atoms with E-state index < -0.39 is 5.82 Å². The Hall–Kier alpha value is -1.53. The number of hydrogen-bond acceptors (Lipinski definition) is 3. The number of amides is 1. The molecule has 2 N–H and O–H groups in total. The number of nitrogens with one attached hydrogen (secondary N) is 2. The van der Waals surface area contributed by atoms with Crippen molar-refractivity contribution < 1.29 is 9.18 Å². The van der Waals surface area contributed by atoms with Crippen LogP contribution in [0, 0.1) is 23.6 Å². The fraction of sp³-hybridized carbons (Fsp3) is 0.231. The number of thiazole rings is 1. The van der Waals surface area contributed by atoms with Crippen LogP contribution < -0.4 is 5.32 Å². The van der Waals surface area contributed by atoms with Gasteiger partial charge in [-0.3, -0.25) is 4.79 Å². The number of carbonyl (C=O) groups is 1. The van der Waals surface area contributed by atoms with E-state index in [1.165, 1.54) is 17.4 Å². The number of aromatic amines is 1. The highest BCUT2D eigenvalue weighted by atomic mass is 32.1. The van der Waals surface area contributed by atoms with Crippen molar-refractivity contribution in [3.8, 4) is 0 Å². The van der Waals surface area contributed by atoms with E-state index in [9.17, 15) is 9.18 Å². The molecule has 0 radical (unpaired) electrons. The zero-order valence-electron chi connectivity index (χ0n) is 10.5. The predicted octanol–water partition coefficient (Wildman–Crippen LogP) is 3.74. The van der Waals surface area contributed by atoms with Gasteiger partial charge in [0.2, 0.25) is 5.91 Å². The zero-order valence-corrected chi connectivity index (χ0v) is 12.2. The molecule has 1 aromatic heterocycles. The minimum atomic E-state index is -0.424. The Balaban J connectivity index is 2.14. The number of hydrogen-bond donors (Lipinski definition) is 2. The summed E-state index contributed by atoms with van der Waals surface area (Å²) in [6, 6.07) is 4.69. The zero-order chi connectivity index (χ0) is 14.0. The number of halogens is 1. The fourth-order valence-corrected chi connectivity index (χ4v) is 3.02. The molecular formula is C13H13FN2OS2. The van der Waals surface area contributed by atoms with Crippen molar-refractivity contribution in [2.75, 3.05) is 5.32 Å². The summed E-state index contributed by atoms with van der Waals surface area (Å²) in [4.78, 5) is 15.8. The van der Waals surface area contributed by atoms with Crippen LogP contribution in [-0.2, 0) is 11.2 Å². The number of rotatable bonds is 3. The summed E-state index contributed by atoms with van der Waals surface area (Å²) in [6.45, 7) is 3.62. The van der Waals surface area contributed by atoms with E-state index in [1.54, 1.807) is 19.1 Å². The molecule has 1 heterocycles. The van der Waals surface area contributed by atoms with Gasteiger partial charge in [0.25, 0.3) is 0 Å². The standard InChI is InChI=1S/C13H13FN2OS2/c1-7-4-3-5-9(14)12(7)16-11(17)6-10-8(2)15-13(18)19-10/h3-5H,6H2,1-2H3,(H,15,18)(H,16,17). The van der Waals surface area contributed by atoms with Crippen LogP contribution in [0.1, 0.15) is 16.1 Å². The van der Waals surface area contributed by atoms with E-state index in [1.807, 2.05) is 6.92 Å². The second kappa shape index (κ2) is 5.63. The number of aryl methyl sites for hydroxylation is 2. The summed E-state index contributed by atoms with van der Waals surface area (Å²) in [7, 11) is 0. The van der Waals surface area contributed by atoms with E-state index in [-0.39, 0.29) is 18.0 Å². The van der Waals surface area contributed by atoms with Gasteiger partial charge in [-0.05, 0) is 37.7 Å². The summed E-state index contributed by atoms with van der Waals surface area (Å²) < 4.78 is 14.2. The quantitative estimate of drug-likeness (QED) is 0.847. The maximum Gasteiger partial charge on any atom is 0.229 e. The molecule has 0 aliphatic heterocycles. The van der Waals surface area contributed by atoms with Gasteiger partial charge in [-0.2, -0.15) is 0 Å². The average Bonchev–Trinajstić information content (AvgIpc) is 2.63. The largest absolute Gasteiger partial charge is 0.341 e. The van der Waals surface area contributed by atoms with Gasteiger partial charge in [-0.15, -0.1) is 11.3 Å². The maximum atomic E-state index is 13.6. The number of anilines is 1. The minimum Gasteiger partial charge on any atom is -0.341 e. The fourth-order valence-electron chi connectivity index (χ4n) is 1.73. The molecule has 0 saturated heterocycles. The van der Waals surface area contributed by atoms with Gasteiger partial charge >= 0.3 is 0 Å². The molecular weight excluding hydrogens is 283 g/mol. The highest BCUT2D eigenvalue weighted by Crippen LogP contribution is 2.20. The second-order valence-corrected chi connectivity index (χ2v) is 5.99. The first-order valence-electron chi connectivity index (χ1n) is 5.71. The van der Waals surface area contributed by atoms with Crippen LogP contribution in [0.3, 0.4) is 0 Å². The Bertz CT molecular complexity index is 655. The third-order valence-corrected chi connectivity index (χ3v) is 4.07. The van der Waals surface area contributed by atoms with E-state index in [0.29, 0.717) is 9.52 Å². The van der Waals surface area contributed by atoms with Crippen LogP contribution in [-0.4, -0.2) is 10.9 Å². The molecule has 2 rings (SSSR count). The van der Waals surface area contributed by atoms with Crippen molar-refractivity contribution in [3.05, 3.63) is 44.1 Å². The smallest absolute Gasteiger partial charge is 0.229 e. The highest BCUT2D eigenvalue weighted by molar-refractivity contribution is 7.73. The molecule has 0 atom stereocenters. The maximum absolute atomic E-state index is 13.6. The summed E-state index contributed by atoms with van der Waals surface area (Å²) in [5.41, 5.74) is 1.83. The predicted molar refractivity (Wildman–Crippen MR) is 77.7 cm³/mol. The summed E-state index contributed by atoms with van der Waals surface area (Å²) in [6.07, 6.45) is 0.192. The molecule has 0 spiro atoms. The first-order valence-corrected chi connectivity index (χ1v) is 6.93. The molecule has 0 fully saturated rings. The average molecular weight is 296 g/mol. The van der Waals surface area contributed by atoms with Crippen molar-refractivity contribution in [2.45, 2.75) is 20.3 Å². The number of para-hydroxylation sites is 1. The topological polar surface area (TPSA) is 44.9 Å². The van der Waals surface area contributed by atoms with Crippen LogP contribution in [0.15, 0.2) is 18.2 Å². The van der Waals surface area contributed by atoms with Crippen molar-refractivity contribution in [1.29, 1.82) is 0 Å². The molecule has 0 aliphatic rings. The molecule has 2 aromatic rings. The van der Waals surface area contributed by atoms with Crippen molar-refractivity contribution >= 4 is 35.1 Å². The van der Waals surface area contributed by atoms with Crippen LogP contribution in [0.5, 0.6) is 0 Å². The Morgan fingerprint density at radius 3 is 2.79 bits per heavy atom. The van der Waals surface area contributed by atoms with Crippen LogP contribution in [0.2, 0.25) is 0 Å². The normalized spacial score (nSPS) is 10.5. The summed E-state index contributed by atoms with van der Waals surface area (Å²) in [5, 5.41) is 2.61. The van der Waals surface area contributed by atoms with Gasteiger partial charge in [0, 0.05) is 10.6 Å². The van der Waals surface area contributed by atoms with E-state index in [0.717, 1.165) is 10.6 Å². The van der Waals surface area contributed by atoms with E-state index in [2.05, 4.69) is 10.3 Å². The van der Waals surface area contributed by atoms with E-state index in [4.69, 9.17) is 12.2 Å². The molecule has 1 amide bonds. The number of benzene rings is 1. The Morgan fingerprint density at radius 2 is 2.21 bits per heavy atom. The van der Waals surface area contributed by atoms with E-state index >= 15 is 0 Å². The highest BCUT2D eigenvalue weighted by Gasteiger charge is 2.12. The van der Waals surface area contributed by atoms with Gasteiger partial charge in [-0.1, -0.05) is 12.1 Å². The van der Waals surface area contributed by atoms with Crippen molar-refractivity contribution in [3.63, 3.8) is 0 Å².